The van der Waals surface area contributed by atoms with E-state index in [2.05, 4.69) is 16.1 Å². The Kier molecular flexibility index (Phi) is 2.62. The summed E-state index contributed by atoms with van der Waals surface area (Å²) in [4.78, 5) is 2.82. The molecular formula is C10H10ClN3. The van der Waals surface area contributed by atoms with Crippen LogP contribution in [0.4, 0.5) is 0 Å². The quantitative estimate of drug-likeness (QED) is 0.293. The SMILES string of the molecule is [N-]=[N+]=N[C@@H]1CCc2ccccc2[C@@H]1Cl. The van der Waals surface area contributed by atoms with E-state index in [1.54, 1.807) is 0 Å². The summed E-state index contributed by atoms with van der Waals surface area (Å²) in [6.45, 7) is 0. The van der Waals surface area contributed by atoms with Crippen molar-refractivity contribution in [3.05, 3.63) is 45.8 Å². The number of hydrogen-bond acceptors (Lipinski definition) is 1. The van der Waals surface area contributed by atoms with E-state index in [1.807, 2.05) is 18.2 Å². The van der Waals surface area contributed by atoms with Crippen molar-refractivity contribution in [1.82, 2.24) is 0 Å². The highest BCUT2D eigenvalue weighted by Gasteiger charge is 2.26. The number of nitrogens with zero attached hydrogens (tertiary/aromatic N) is 3. The topological polar surface area (TPSA) is 48.8 Å². The van der Waals surface area contributed by atoms with Crippen LogP contribution in [-0.2, 0) is 6.42 Å². The smallest absolute Gasteiger partial charge is 0.0672 e. The monoisotopic (exact) mass is 207 g/mol. The Hall–Kier alpha value is -1.18. The highest BCUT2D eigenvalue weighted by Crippen LogP contribution is 2.36. The Morgan fingerprint density at radius 1 is 1.43 bits per heavy atom. The second kappa shape index (κ2) is 3.91. The Balaban J connectivity index is 2.35. The van der Waals surface area contributed by atoms with E-state index in [1.165, 1.54) is 5.56 Å². The van der Waals surface area contributed by atoms with Gasteiger partial charge >= 0.3 is 0 Å². The van der Waals surface area contributed by atoms with Crippen molar-refractivity contribution in [1.29, 1.82) is 0 Å². The molecule has 0 spiro atoms. The number of halogens is 1. The lowest BCUT2D eigenvalue weighted by Crippen LogP contribution is -2.19. The third-order valence-electron chi connectivity index (χ3n) is 2.60. The van der Waals surface area contributed by atoms with Crippen LogP contribution in [0.2, 0.25) is 0 Å². The molecule has 2 rings (SSSR count). The second-order valence-corrected chi connectivity index (χ2v) is 3.88. The largest absolute Gasteiger partial charge is 0.117 e. The predicted molar refractivity (Wildman–Crippen MR) is 56.3 cm³/mol. The van der Waals surface area contributed by atoms with Gasteiger partial charge in [-0.3, -0.25) is 0 Å². The van der Waals surface area contributed by atoms with Crippen molar-refractivity contribution in [3.8, 4) is 0 Å². The first-order chi connectivity index (χ1) is 6.83. The fraction of sp³-hybridized carbons (Fsp3) is 0.400. The van der Waals surface area contributed by atoms with Crippen molar-refractivity contribution in [3.63, 3.8) is 0 Å². The van der Waals surface area contributed by atoms with Gasteiger partial charge in [0.25, 0.3) is 0 Å². The molecule has 0 saturated heterocycles. The van der Waals surface area contributed by atoms with Gasteiger partial charge in [0, 0.05) is 4.91 Å². The van der Waals surface area contributed by atoms with Crippen LogP contribution in [0, 0.1) is 0 Å². The van der Waals surface area contributed by atoms with Crippen molar-refractivity contribution in [2.24, 2.45) is 5.11 Å². The lowest BCUT2D eigenvalue weighted by molar-refractivity contribution is 0.558. The lowest BCUT2D eigenvalue weighted by atomic mass is 9.88. The van der Waals surface area contributed by atoms with Crippen LogP contribution in [0.15, 0.2) is 29.4 Å². The van der Waals surface area contributed by atoms with Crippen molar-refractivity contribution >= 4 is 11.6 Å². The van der Waals surface area contributed by atoms with E-state index >= 15 is 0 Å². The molecule has 0 aliphatic heterocycles. The Labute approximate surface area is 87.3 Å². The zero-order valence-electron chi connectivity index (χ0n) is 7.60. The van der Waals surface area contributed by atoms with Gasteiger partial charge in [-0.05, 0) is 29.5 Å². The van der Waals surface area contributed by atoms with Gasteiger partial charge in [0.1, 0.15) is 0 Å². The maximum Gasteiger partial charge on any atom is 0.0672 e. The number of aryl methyl sites for hydroxylation is 1. The summed E-state index contributed by atoms with van der Waals surface area (Å²) >= 11 is 6.23. The molecule has 0 saturated carbocycles. The zero-order chi connectivity index (χ0) is 9.97. The first-order valence-electron chi connectivity index (χ1n) is 4.59. The van der Waals surface area contributed by atoms with Crippen LogP contribution in [0.5, 0.6) is 0 Å². The predicted octanol–water partition coefficient (Wildman–Crippen LogP) is 3.59. The third-order valence-corrected chi connectivity index (χ3v) is 3.13. The highest BCUT2D eigenvalue weighted by atomic mass is 35.5. The average molecular weight is 208 g/mol. The standard InChI is InChI=1S/C10H10ClN3/c11-10-8-4-2-1-3-7(8)5-6-9(10)13-14-12/h1-4,9-10H,5-6H2/t9-,10+/m1/s1. The summed E-state index contributed by atoms with van der Waals surface area (Å²) in [6.07, 6.45) is 1.79. The third kappa shape index (κ3) is 1.57. The van der Waals surface area contributed by atoms with Gasteiger partial charge in [-0.25, -0.2) is 0 Å². The number of benzene rings is 1. The summed E-state index contributed by atoms with van der Waals surface area (Å²) < 4.78 is 0. The van der Waals surface area contributed by atoms with E-state index in [9.17, 15) is 0 Å². The minimum Gasteiger partial charge on any atom is -0.117 e. The maximum absolute atomic E-state index is 8.38. The number of azide groups is 1. The lowest BCUT2D eigenvalue weighted by Gasteiger charge is -2.25. The van der Waals surface area contributed by atoms with E-state index in [0.29, 0.717) is 0 Å². The number of hydrogen-bond donors (Lipinski definition) is 0. The van der Waals surface area contributed by atoms with Crippen molar-refractivity contribution in [2.75, 3.05) is 0 Å². The molecule has 0 fully saturated rings. The Bertz CT molecular complexity index is 385. The van der Waals surface area contributed by atoms with Crippen LogP contribution < -0.4 is 0 Å². The summed E-state index contributed by atoms with van der Waals surface area (Å²) in [5, 5.41) is 3.54. The molecule has 0 N–H and O–H groups in total. The molecule has 2 atom stereocenters. The molecule has 0 aromatic heterocycles. The van der Waals surface area contributed by atoms with E-state index < -0.39 is 0 Å². The summed E-state index contributed by atoms with van der Waals surface area (Å²) in [7, 11) is 0. The molecule has 1 aromatic rings. The van der Waals surface area contributed by atoms with Crippen LogP contribution in [0.1, 0.15) is 22.9 Å². The average Bonchev–Trinajstić information content (AvgIpc) is 2.23. The summed E-state index contributed by atoms with van der Waals surface area (Å²) in [5.74, 6) is 0. The summed E-state index contributed by atoms with van der Waals surface area (Å²) in [5.41, 5.74) is 10.8. The van der Waals surface area contributed by atoms with Gasteiger partial charge in [-0.2, -0.15) is 0 Å². The molecule has 0 radical (unpaired) electrons. The van der Waals surface area contributed by atoms with E-state index in [4.69, 9.17) is 17.1 Å². The van der Waals surface area contributed by atoms with Gasteiger partial charge in [-0.15, -0.1) is 11.6 Å². The molecule has 72 valence electrons. The van der Waals surface area contributed by atoms with E-state index in [-0.39, 0.29) is 11.4 Å². The Morgan fingerprint density at radius 3 is 3.00 bits per heavy atom. The number of fused-ring (bicyclic) bond motifs is 1. The van der Waals surface area contributed by atoms with Crippen molar-refractivity contribution < 1.29 is 0 Å². The molecule has 14 heavy (non-hydrogen) atoms. The van der Waals surface area contributed by atoms with Crippen LogP contribution in [0.25, 0.3) is 10.4 Å². The van der Waals surface area contributed by atoms with Crippen LogP contribution in [0.3, 0.4) is 0 Å². The molecule has 4 heteroatoms. The maximum atomic E-state index is 8.38. The second-order valence-electron chi connectivity index (χ2n) is 3.41. The molecule has 1 aliphatic rings. The summed E-state index contributed by atoms with van der Waals surface area (Å²) in [6, 6.07) is 7.96. The van der Waals surface area contributed by atoms with Gasteiger partial charge in [0.2, 0.25) is 0 Å². The highest BCUT2D eigenvalue weighted by molar-refractivity contribution is 6.21. The van der Waals surface area contributed by atoms with Crippen molar-refractivity contribution in [2.45, 2.75) is 24.3 Å². The van der Waals surface area contributed by atoms with Gasteiger partial charge in [0.15, 0.2) is 0 Å². The molecular weight excluding hydrogens is 198 g/mol. The first kappa shape index (κ1) is 9.38. The van der Waals surface area contributed by atoms with Crippen LogP contribution >= 0.6 is 11.6 Å². The molecule has 1 aromatic carbocycles. The van der Waals surface area contributed by atoms with E-state index in [0.717, 1.165) is 18.4 Å². The van der Waals surface area contributed by atoms with Gasteiger partial charge in [0.05, 0.1) is 11.4 Å². The molecule has 0 unspecified atom stereocenters. The molecule has 1 aliphatic carbocycles. The molecule has 0 amide bonds. The zero-order valence-corrected chi connectivity index (χ0v) is 8.35. The Morgan fingerprint density at radius 2 is 2.21 bits per heavy atom. The number of alkyl halides is 1. The fourth-order valence-electron chi connectivity index (χ4n) is 1.87. The normalized spacial score (nSPS) is 24.9. The fourth-order valence-corrected chi connectivity index (χ4v) is 2.26. The first-order valence-corrected chi connectivity index (χ1v) is 5.02. The van der Waals surface area contributed by atoms with Gasteiger partial charge < -0.3 is 0 Å². The molecule has 3 nitrogen and oxygen atoms in total. The minimum absolute atomic E-state index is 0.100. The molecule has 0 heterocycles. The minimum atomic E-state index is -0.171. The molecule has 0 bridgehead atoms. The van der Waals surface area contributed by atoms with Gasteiger partial charge in [-0.1, -0.05) is 29.4 Å². The van der Waals surface area contributed by atoms with Crippen LogP contribution in [-0.4, -0.2) is 6.04 Å². The number of rotatable bonds is 1.